The van der Waals surface area contributed by atoms with Crippen LogP contribution in [-0.4, -0.2) is 18.0 Å². The van der Waals surface area contributed by atoms with Crippen molar-refractivity contribution in [3.63, 3.8) is 0 Å². The number of benzene rings is 2. The summed E-state index contributed by atoms with van der Waals surface area (Å²) in [6, 6.07) is 6.69. The van der Waals surface area contributed by atoms with E-state index in [9.17, 15) is 12.8 Å². The van der Waals surface area contributed by atoms with Crippen molar-refractivity contribution in [2.24, 2.45) is 0 Å². The fourth-order valence-electron chi connectivity index (χ4n) is 2.19. The van der Waals surface area contributed by atoms with E-state index in [0.717, 1.165) is 12.1 Å². The molecule has 7 nitrogen and oxygen atoms in total. The van der Waals surface area contributed by atoms with Gasteiger partial charge in [0.15, 0.2) is 17.1 Å². The van der Waals surface area contributed by atoms with Crippen LogP contribution >= 0.6 is 9.47 Å². The maximum Gasteiger partial charge on any atom is 0.446 e. The predicted octanol–water partition coefficient (Wildman–Crippen LogP) is 3.63. The van der Waals surface area contributed by atoms with Crippen LogP contribution in [0.3, 0.4) is 0 Å². The molecule has 0 saturated heterocycles. The molecule has 0 bridgehead atoms. The molecule has 2 aromatic carbocycles. The summed E-state index contributed by atoms with van der Waals surface area (Å²) in [7, 11) is -2.70. The van der Waals surface area contributed by atoms with Crippen LogP contribution in [0.5, 0.6) is 11.5 Å². The average molecular weight is 383 g/mol. The average Bonchev–Trinajstić information content (AvgIpc) is 2.98. The molecule has 10 heteroatoms. The van der Waals surface area contributed by atoms with Gasteiger partial charge in [-0.25, -0.2) is 9.37 Å². The molecule has 25 heavy (non-hydrogen) atoms. The summed E-state index contributed by atoms with van der Waals surface area (Å²) in [6.45, 7) is 3.69. The van der Waals surface area contributed by atoms with Gasteiger partial charge in [-0.3, -0.25) is 4.55 Å². The molecule has 1 atom stereocenters. The lowest BCUT2D eigenvalue weighted by molar-refractivity contribution is 0.376. The third kappa shape index (κ3) is 3.63. The smallest absolute Gasteiger partial charge is 0.446 e. The number of aromatic nitrogens is 1. The lowest BCUT2D eigenvalue weighted by atomic mass is 10.2. The summed E-state index contributed by atoms with van der Waals surface area (Å²) in [5.41, 5.74) is 1.80. The van der Waals surface area contributed by atoms with E-state index >= 15 is 0 Å². The summed E-state index contributed by atoms with van der Waals surface area (Å²) >= 11 is 0. The van der Waals surface area contributed by atoms with E-state index in [1.54, 1.807) is 18.2 Å². The molecule has 0 spiro atoms. The van der Waals surface area contributed by atoms with Gasteiger partial charge < -0.3 is 13.1 Å². The second-order valence-electron chi connectivity index (χ2n) is 4.86. The minimum atomic E-state index is -4.82. The standard InChI is InChI=1S/C15H11FNO6PS/c1-2-8-5-10(22-24)7-12-14(8)21-15(17-12)9-3-4-13(11(16)6-9)23-25(18,19)20/h2-7H,1,24H2,(H,18,19,20). The molecule has 3 rings (SSSR count). The molecule has 0 amide bonds. The van der Waals surface area contributed by atoms with Crippen LogP contribution in [0.1, 0.15) is 5.56 Å². The van der Waals surface area contributed by atoms with Crippen molar-refractivity contribution in [2.45, 2.75) is 0 Å². The van der Waals surface area contributed by atoms with Crippen molar-refractivity contribution in [3.05, 3.63) is 48.3 Å². The summed E-state index contributed by atoms with van der Waals surface area (Å²) in [6.07, 6.45) is 1.56. The highest BCUT2D eigenvalue weighted by molar-refractivity contribution is 7.81. The maximum atomic E-state index is 14.0. The molecule has 0 saturated carbocycles. The minimum absolute atomic E-state index is 0.108. The molecule has 3 aromatic rings. The monoisotopic (exact) mass is 383 g/mol. The highest BCUT2D eigenvalue weighted by Crippen LogP contribution is 2.32. The molecule has 1 heterocycles. The summed E-state index contributed by atoms with van der Waals surface area (Å²) in [4.78, 5) is 4.27. The Balaban J connectivity index is 2.07. The SMILES string of the molecule is C=Cc1cc(OP)cc2nc(-c3ccc(OS(=O)(=O)O)c(F)c3)oc12. The summed E-state index contributed by atoms with van der Waals surface area (Å²) in [5.74, 6) is -1.02. The number of fused-ring (bicyclic) bond motifs is 1. The zero-order valence-electron chi connectivity index (χ0n) is 12.5. The van der Waals surface area contributed by atoms with E-state index in [0.29, 0.717) is 22.4 Å². The van der Waals surface area contributed by atoms with E-state index in [-0.39, 0.29) is 11.5 Å². The van der Waals surface area contributed by atoms with Crippen LogP contribution < -0.4 is 8.71 Å². The zero-order valence-corrected chi connectivity index (χ0v) is 14.4. The van der Waals surface area contributed by atoms with Gasteiger partial charge in [-0.1, -0.05) is 12.7 Å². The number of oxazole rings is 1. The number of rotatable bonds is 5. The van der Waals surface area contributed by atoms with Crippen LogP contribution in [0, 0.1) is 5.82 Å². The van der Waals surface area contributed by atoms with E-state index in [1.807, 2.05) is 0 Å². The predicted molar refractivity (Wildman–Crippen MR) is 92.0 cm³/mol. The van der Waals surface area contributed by atoms with Crippen LogP contribution in [-0.2, 0) is 10.4 Å². The molecule has 0 radical (unpaired) electrons. The fraction of sp³-hybridized carbons (Fsp3) is 0. The lowest BCUT2D eigenvalue weighted by Crippen LogP contribution is -2.07. The highest BCUT2D eigenvalue weighted by Gasteiger charge is 2.17. The zero-order chi connectivity index (χ0) is 18.2. The van der Waals surface area contributed by atoms with Gasteiger partial charge in [0.25, 0.3) is 0 Å². The van der Waals surface area contributed by atoms with Crippen LogP contribution in [0.25, 0.3) is 28.6 Å². The molecule has 1 N–H and O–H groups in total. The molecule has 0 aliphatic carbocycles. The Bertz CT molecular complexity index is 1080. The third-order valence-electron chi connectivity index (χ3n) is 3.22. The van der Waals surface area contributed by atoms with Gasteiger partial charge in [-0.05, 0) is 24.3 Å². The number of halogens is 1. The largest absolute Gasteiger partial charge is 0.480 e. The van der Waals surface area contributed by atoms with Gasteiger partial charge in [0.05, 0.1) is 9.47 Å². The Kier molecular flexibility index (Phi) is 4.47. The maximum absolute atomic E-state index is 14.0. The van der Waals surface area contributed by atoms with Crippen molar-refractivity contribution < 1.29 is 30.5 Å². The van der Waals surface area contributed by atoms with E-state index in [4.69, 9.17) is 13.5 Å². The Morgan fingerprint density at radius 3 is 2.68 bits per heavy atom. The Morgan fingerprint density at radius 1 is 1.32 bits per heavy atom. The van der Waals surface area contributed by atoms with E-state index in [1.165, 1.54) is 6.07 Å². The second kappa shape index (κ2) is 6.44. The quantitative estimate of drug-likeness (QED) is 0.531. The first-order chi connectivity index (χ1) is 11.8. The lowest BCUT2D eigenvalue weighted by Gasteiger charge is -2.03. The van der Waals surface area contributed by atoms with Crippen molar-refractivity contribution in [1.29, 1.82) is 0 Å². The molecule has 0 fully saturated rings. The number of hydrogen-bond donors (Lipinski definition) is 1. The molecule has 0 aliphatic heterocycles. The van der Waals surface area contributed by atoms with Crippen molar-refractivity contribution in [3.8, 4) is 23.0 Å². The van der Waals surface area contributed by atoms with Gasteiger partial charge in [0, 0.05) is 17.2 Å². The van der Waals surface area contributed by atoms with Crippen LogP contribution in [0.15, 0.2) is 41.3 Å². The van der Waals surface area contributed by atoms with E-state index in [2.05, 4.69) is 25.2 Å². The first-order valence-corrected chi connectivity index (χ1v) is 8.55. The molecule has 1 unspecified atom stereocenters. The van der Waals surface area contributed by atoms with Crippen molar-refractivity contribution in [2.75, 3.05) is 0 Å². The Morgan fingerprint density at radius 2 is 2.08 bits per heavy atom. The summed E-state index contributed by atoms with van der Waals surface area (Å²) < 4.78 is 58.8. The minimum Gasteiger partial charge on any atom is -0.480 e. The van der Waals surface area contributed by atoms with Crippen LogP contribution in [0.2, 0.25) is 0 Å². The van der Waals surface area contributed by atoms with Gasteiger partial charge in [-0.2, -0.15) is 8.42 Å². The Labute approximate surface area is 144 Å². The third-order valence-corrected chi connectivity index (χ3v) is 3.88. The van der Waals surface area contributed by atoms with Gasteiger partial charge in [0.1, 0.15) is 11.3 Å². The molecular formula is C15H11FNO6PS. The number of hydrogen-bond acceptors (Lipinski definition) is 6. The molecule has 0 aliphatic rings. The van der Waals surface area contributed by atoms with Crippen molar-refractivity contribution in [1.82, 2.24) is 4.98 Å². The van der Waals surface area contributed by atoms with Gasteiger partial charge in [-0.15, -0.1) is 0 Å². The highest BCUT2D eigenvalue weighted by atomic mass is 32.3. The molecule has 1 aromatic heterocycles. The first-order valence-electron chi connectivity index (χ1n) is 6.71. The van der Waals surface area contributed by atoms with Crippen molar-refractivity contribution >= 4 is 37.0 Å². The van der Waals surface area contributed by atoms with E-state index < -0.39 is 22.0 Å². The fourth-order valence-corrected chi connectivity index (χ4v) is 2.69. The molecular weight excluding hydrogens is 372 g/mol. The van der Waals surface area contributed by atoms with Crippen LogP contribution in [0.4, 0.5) is 4.39 Å². The second-order valence-corrected chi connectivity index (χ2v) is 6.12. The number of nitrogens with zero attached hydrogens (tertiary/aromatic N) is 1. The Hall–Kier alpha value is -2.48. The first kappa shape index (κ1) is 17.3. The van der Waals surface area contributed by atoms with Gasteiger partial charge >= 0.3 is 10.4 Å². The van der Waals surface area contributed by atoms with Gasteiger partial charge in [0.2, 0.25) is 5.89 Å². The molecule has 130 valence electrons. The topological polar surface area (TPSA) is 98.9 Å². The summed E-state index contributed by atoms with van der Waals surface area (Å²) in [5, 5.41) is 0. The normalized spacial score (nSPS) is 11.5.